The van der Waals surface area contributed by atoms with E-state index in [9.17, 15) is 24.1 Å². The summed E-state index contributed by atoms with van der Waals surface area (Å²) in [5.41, 5.74) is -1.27. The molecule has 2 heterocycles. The number of nitrogens with zero attached hydrogens (tertiary/aromatic N) is 1. The summed E-state index contributed by atoms with van der Waals surface area (Å²) in [6, 6.07) is 9.20. The van der Waals surface area contributed by atoms with Gasteiger partial charge >= 0.3 is 19.5 Å². The molecule has 1 aromatic carbocycles. The molecular weight excluding hydrogens is 459 g/mol. The molecule has 2 aromatic rings. The average molecular weight is 484 g/mol. The normalized spacial score (nSPS) is 24.2. The number of benzene rings is 1. The number of aromatic nitrogens is 2. The lowest BCUT2D eigenvalue weighted by molar-refractivity contribution is -0.146. The van der Waals surface area contributed by atoms with Gasteiger partial charge in [-0.1, -0.05) is 25.1 Å². The van der Waals surface area contributed by atoms with Crippen molar-refractivity contribution in [3.63, 3.8) is 0 Å². The summed E-state index contributed by atoms with van der Waals surface area (Å²) < 4.78 is 40.7. The fourth-order valence-electron chi connectivity index (χ4n) is 3.17. The molecule has 0 radical (unpaired) electrons. The number of nitrogens with one attached hydrogen (secondary N) is 1. The third-order valence-corrected chi connectivity index (χ3v) is 6.16. The Balaban J connectivity index is 1.72. The molecule has 1 aliphatic rings. The number of para-hydroxylation sites is 1. The summed E-state index contributed by atoms with van der Waals surface area (Å²) in [6.45, 7) is 2.24. The Labute approximate surface area is 188 Å². The zero-order valence-corrected chi connectivity index (χ0v) is 18.9. The molecule has 13 heteroatoms. The number of phosphoric acid groups is 1. The van der Waals surface area contributed by atoms with E-state index in [1.165, 1.54) is 18.3 Å². The van der Waals surface area contributed by atoms with Crippen LogP contribution in [0.3, 0.4) is 0 Å². The summed E-state index contributed by atoms with van der Waals surface area (Å²) in [4.78, 5) is 37.2. The van der Waals surface area contributed by atoms with Crippen LogP contribution in [0.1, 0.15) is 20.1 Å². The minimum atomic E-state index is -4.33. The third kappa shape index (κ3) is 6.40. The maximum atomic E-state index is 13.2. The van der Waals surface area contributed by atoms with Crippen molar-refractivity contribution in [2.45, 2.75) is 32.3 Å². The number of ether oxygens (including phenoxy) is 2. The number of hydrogen-bond acceptors (Lipinski definition) is 10. The predicted octanol–water partition coefficient (Wildman–Crippen LogP) is 1.21. The van der Waals surface area contributed by atoms with Gasteiger partial charge in [-0.05, 0) is 19.1 Å². The van der Waals surface area contributed by atoms with Gasteiger partial charge in [-0.2, -0.15) is 0 Å². The smallest absolute Gasteiger partial charge is 0.464 e. The van der Waals surface area contributed by atoms with Gasteiger partial charge in [0.25, 0.3) is 5.56 Å². The highest BCUT2D eigenvalue weighted by Crippen LogP contribution is 2.50. The van der Waals surface area contributed by atoms with Crippen molar-refractivity contribution in [1.29, 1.82) is 0 Å². The first kappa shape index (κ1) is 24.9. The first-order chi connectivity index (χ1) is 15.7. The van der Waals surface area contributed by atoms with Crippen molar-refractivity contribution in [2.24, 2.45) is 5.92 Å². The highest BCUT2D eigenvalue weighted by Gasteiger charge is 2.44. The second-order valence-corrected chi connectivity index (χ2v) is 8.75. The van der Waals surface area contributed by atoms with Crippen LogP contribution in [0.15, 0.2) is 52.2 Å². The monoisotopic (exact) mass is 484 g/mol. The lowest BCUT2D eigenvalue weighted by Crippen LogP contribution is -2.33. The molecule has 0 saturated carbocycles. The van der Waals surface area contributed by atoms with E-state index in [0.717, 1.165) is 10.6 Å². The topological polar surface area (TPSA) is 155 Å². The first-order valence-corrected chi connectivity index (χ1v) is 11.6. The average Bonchev–Trinajstić information content (AvgIpc) is 3.06. The fraction of sp³-hybridized carbons (Fsp3) is 0.450. The van der Waals surface area contributed by atoms with Crippen LogP contribution in [-0.4, -0.2) is 52.7 Å². The van der Waals surface area contributed by atoms with Crippen molar-refractivity contribution in [3.8, 4) is 5.75 Å². The molecule has 0 bridgehead atoms. The standard InChI is InChI=1S/C20H25N2O10P/c1-3-28-17(24)12-30-33(27,32-14-7-5-4-6-8-14)29-11-15-18(25)13(2)19(31-15)22-10-9-16(23)21-20(22)26/h4-10,13,15,18-19,25H,3,11-12H2,1-2H3,(H,21,23,26). The molecule has 12 nitrogen and oxygen atoms in total. The largest absolute Gasteiger partial charge is 0.530 e. The molecule has 0 amide bonds. The van der Waals surface area contributed by atoms with Crippen LogP contribution >= 0.6 is 7.82 Å². The van der Waals surface area contributed by atoms with Crippen molar-refractivity contribution in [2.75, 3.05) is 19.8 Å². The van der Waals surface area contributed by atoms with E-state index in [1.807, 2.05) is 0 Å². The van der Waals surface area contributed by atoms with Crippen LogP contribution in [0.4, 0.5) is 0 Å². The molecule has 1 fully saturated rings. The number of H-pyrrole nitrogens is 1. The van der Waals surface area contributed by atoms with E-state index in [4.69, 9.17) is 23.0 Å². The molecule has 180 valence electrons. The highest BCUT2D eigenvalue weighted by molar-refractivity contribution is 7.49. The second kappa shape index (κ2) is 10.9. The summed E-state index contributed by atoms with van der Waals surface area (Å²) >= 11 is 0. The number of esters is 1. The van der Waals surface area contributed by atoms with Crippen LogP contribution in [-0.2, 0) is 27.9 Å². The van der Waals surface area contributed by atoms with Crippen molar-refractivity contribution >= 4 is 13.8 Å². The van der Waals surface area contributed by atoms with Crippen molar-refractivity contribution in [1.82, 2.24) is 9.55 Å². The Morgan fingerprint density at radius 2 is 1.94 bits per heavy atom. The number of aliphatic hydroxyl groups excluding tert-OH is 1. The first-order valence-electron chi connectivity index (χ1n) is 10.2. The summed E-state index contributed by atoms with van der Waals surface area (Å²) in [5.74, 6) is -1.16. The zero-order chi connectivity index (χ0) is 24.0. The van der Waals surface area contributed by atoms with E-state index in [0.29, 0.717) is 0 Å². The number of aliphatic hydroxyl groups is 1. The summed E-state index contributed by atoms with van der Waals surface area (Å²) in [5, 5.41) is 10.6. The summed E-state index contributed by atoms with van der Waals surface area (Å²) in [7, 11) is -4.33. The number of carbonyl (C=O) groups excluding carboxylic acids is 1. The molecule has 3 rings (SSSR count). The SMILES string of the molecule is CCOC(=O)COP(=O)(OCC1OC(n2ccc(=O)[nH]c2=O)C(C)C1O)Oc1ccccc1. The van der Waals surface area contributed by atoms with Crippen LogP contribution in [0.2, 0.25) is 0 Å². The lowest BCUT2D eigenvalue weighted by atomic mass is 10.0. The Kier molecular flexibility index (Phi) is 8.22. The zero-order valence-electron chi connectivity index (χ0n) is 18.0. The number of hydrogen-bond donors (Lipinski definition) is 2. The Bertz CT molecular complexity index is 1100. The van der Waals surface area contributed by atoms with Crippen LogP contribution in [0.5, 0.6) is 5.75 Å². The predicted molar refractivity (Wildman–Crippen MR) is 114 cm³/mol. The van der Waals surface area contributed by atoms with E-state index in [2.05, 4.69) is 4.98 Å². The number of rotatable bonds is 10. The molecule has 33 heavy (non-hydrogen) atoms. The second-order valence-electron chi connectivity index (χ2n) is 7.16. The molecular formula is C20H25N2O10P. The molecule has 5 unspecified atom stereocenters. The van der Waals surface area contributed by atoms with Gasteiger partial charge in [-0.3, -0.25) is 23.4 Å². The van der Waals surface area contributed by atoms with Crippen molar-refractivity contribution < 1.29 is 37.5 Å². The quantitative estimate of drug-likeness (QED) is 0.371. The lowest BCUT2D eigenvalue weighted by Gasteiger charge is -2.21. The molecule has 5 atom stereocenters. The minimum absolute atomic E-state index is 0.110. The van der Waals surface area contributed by atoms with Gasteiger partial charge in [0.2, 0.25) is 0 Å². The molecule has 0 aliphatic carbocycles. The maximum Gasteiger partial charge on any atom is 0.530 e. The van der Waals surface area contributed by atoms with Gasteiger partial charge in [0, 0.05) is 18.2 Å². The molecule has 1 aromatic heterocycles. The molecule has 1 aliphatic heterocycles. The Morgan fingerprint density at radius 3 is 2.61 bits per heavy atom. The maximum absolute atomic E-state index is 13.2. The Morgan fingerprint density at radius 1 is 1.21 bits per heavy atom. The van der Waals surface area contributed by atoms with E-state index < -0.39 is 62.6 Å². The van der Waals surface area contributed by atoms with E-state index in [1.54, 1.807) is 32.0 Å². The highest BCUT2D eigenvalue weighted by atomic mass is 31.2. The number of carbonyl (C=O) groups is 1. The van der Waals surface area contributed by atoms with Gasteiger partial charge in [0.15, 0.2) is 6.61 Å². The Hall–Kier alpha value is -2.76. The molecule has 0 spiro atoms. The van der Waals surface area contributed by atoms with Gasteiger partial charge < -0.3 is 19.1 Å². The van der Waals surface area contributed by atoms with Crippen LogP contribution < -0.4 is 15.8 Å². The van der Waals surface area contributed by atoms with Gasteiger partial charge in [0.05, 0.1) is 19.3 Å². The van der Waals surface area contributed by atoms with Gasteiger partial charge in [-0.25, -0.2) is 14.2 Å². The van der Waals surface area contributed by atoms with Crippen molar-refractivity contribution in [3.05, 3.63) is 63.4 Å². The van der Waals surface area contributed by atoms with E-state index >= 15 is 0 Å². The summed E-state index contributed by atoms with van der Waals surface area (Å²) in [6.07, 6.45) is -1.77. The van der Waals surface area contributed by atoms with Gasteiger partial charge in [-0.15, -0.1) is 0 Å². The number of aromatic amines is 1. The van der Waals surface area contributed by atoms with Crippen LogP contribution in [0, 0.1) is 5.92 Å². The van der Waals surface area contributed by atoms with Gasteiger partial charge in [0.1, 0.15) is 18.1 Å². The third-order valence-electron chi connectivity index (χ3n) is 4.81. The molecule has 1 saturated heterocycles. The van der Waals surface area contributed by atoms with E-state index in [-0.39, 0.29) is 12.4 Å². The fourth-order valence-corrected chi connectivity index (χ4v) is 4.33. The van der Waals surface area contributed by atoms with Crippen LogP contribution in [0.25, 0.3) is 0 Å². The molecule has 2 N–H and O–H groups in total. The minimum Gasteiger partial charge on any atom is -0.464 e. The number of phosphoric ester groups is 1.